The molecule has 0 bridgehead atoms. The van der Waals surface area contributed by atoms with Crippen LogP contribution >= 0.6 is 0 Å². The van der Waals surface area contributed by atoms with E-state index in [-0.39, 0.29) is 36.4 Å². The number of carbonyl (C=O) groups excluding carboxylic acids is 1. The van der Waals surface area contributed by atoms with E-state index in [2.05, 4.69) is 5.32 Å². The minimum Gasteiger partial charge on any atom is -0.337 e. The number of aryl methyl sites for hydroxylation is 1. The maximum absolute atomic E-state index is 13.5. The largest absolute Gasteiger partial charge is 0.337 e. The van der Waals surface area contributed by atoms with Gasteiger partial charge in [-0.3, -0.25) is 4.79 Å². The monoisotopic (exact) mass is 282 g/mol. The van der Waals surface area contributed by atoms with Crippen molar-refractivity contribution >= 4 is 5.91 Å². The Bertz CT molecular complexity index is 493. The molecule has 0 radical (unpaired) electrons. The number of amides is 1. The molecule has 1 saturated heterocycles. The lowest BCUT2D eigenvalue weighted by atomic mass is 10.0. The summed E-state index contributed by atoms with van der Waals surface area (Å²) < 4.78 is 26.6. The van der Waals surface area contributed by atoms with Crippen LogP contribution in [0.2, 0.25) is 0 Å². The lowest BCUT2D eigenvalue weighted by Gasteiger charge is -2.38. The first-order chi connectivity index (χ1) is 9.50. The van der Waals surface area contributed by atoms with Crippen LogP contribution in [0.1, 0.15) is 25.8 Å². The molecule has 0 aromatic heterocycles. The van der Waals surface area contributed by atoms with Crippen molar-refractivity contribution in [1.82, 2.24) is 10.2 Å². The van der Waals surface area contributed by atoms with Crippen LogP contribution in [0.5, 0.6) is 0 Å². The second kappa shape index (κ2) is 6.31. The Morgan fingerprint density at radius 3 is 2.90 bits per heavy atom. The van der Waals surface area contributed by atoms with E-state index in [1.807, 2.05) is 18.7 Å². The normalized spacial score (nSPS) is 22.9. The van der Waals surface area contributed by atoms with Crippen LogP contribution in [-0.2, 0) is 11.2 Å². The number of rotatable bonds is 3. The highest BCUT2D eigenvalue weighted by atomic mass is 19.2. The second-order valence-electron chi connectivity index (χ2n) is 5.28. The van der Waals surface area contributed by atoms with E-state index in [0.29, 0.717) is 6.54 Å². The molecular formula is C15H20F2N2O. The molecule has 2 unspecified atom stereocenters. The number of hydrogen-bond acceptors (Lipinski definition) is 2. The maximum atomic E-state index is 13.5. The quantitative estimate of drug-likeness (QED) is 0.921. The summed E-state index contributed by atoms with van der Waals surface area (Å²) in [6, 6.07) is 4.44. The van der Waals surface area contributed by atoms with Crippen molar-refractivity contribution in [3.05, 3.63) is 35.4 Å². The molecule has 1 amide bonds. The highest BCUT2D eigenvalue weighted by Gasteiger charge is 2.27. The molecule has 1 heterocycles. The molecule has 0 spiro atoms. The molecule has 1 aromatic rings. The third-order valence-corrected chi connectivity index (χ3v) is 3.99. The smallest absolute Gasteiger partial charge is 0.223 e. The number of carbonyl (C=O) groups is 1. The molecule has 2 rings (SSSR count). The van der Waals surface area contributed by atoms with Gasteiger partial charge in [-0.2, -0.15) is 0 Å². The Kier molecular flexibility index (Phi) is 4.70. The van der Waals surface area contributed by atoms with Crippen LogP contribution in [0.4, 0.5) is 8.78 Å². The fourth-order valence-corrected chi connectivity index (χ4v) is 2.54. The second-order valence-corrected chi connectivity index (χ2v) is 5.28. The van der Waals surface area contributed by atoms with E-state index in [9.17, 15) is 13.6 Å². The Hall–Kier alpha value is -1.49. The minimum atomic E-state index is -0.862. The average molecular weight is 282 g/mol. The van der Waals surface area contributed by atoms with Gasteiger partial charge in [-0.05, 0) is 31.9 Å². The Morgan fingerprint density at radius 2 is 2.15 bits per heavy atom. The zero-order valence-corrected chi connectivity index (χ0v) is 11.8. The summed E-state index contributed by atoms with van der Waals surface area (Å²) in [6.45, 7) is 5.47. The molecule has 3 nitrogen and oxygen atoms in total. The number of benzene rings is 1. The van der Waals surface area contributed by atoms with Gasteiger partial charge in [-0.1, -0.05) is 12.1 Å². The van der Waals surface area contributed by atoms with Gasteiger partial charge in [0.2, 0.25) is 5.91 Å². The van der Waals surface area contributed by atoms with Gasteiger partial charge in [0.15, 0.2) is 11.6 Å². The molecule has 1 aliphatic heterocycles. The summed E-state index contributed by atoms with van der Waals surface area (Å²) in [5.74, 6) is -1.71. The predicted molar refractivity (Wildman–Crippen MR) is 73.3 cm³/mol. The SMILES string of the molecule is CC1NCCN(C(=O)CCc2cccc(F)c2F)C1C. The number of halogens is 2. The lowest BCUT2D eigenvalue weighted by Crippen LogP contribution is -2.57. The van der Waals surface area contributed by atoms with E-state index >= 15 is 0 Å². The van der Waals surface area contributed by atoms with Crippen LogP contribution in [0.25, 0.3) is 0 Å². The van der Waals surface area contributed by atoms with E-state index in [1.54, 1.807) is 0 Å². The van der Waals surface area contributed by atoms with Crippen molar-refractivity contribution in [2.24, 2.45) is 0 Å². The number of nitrogens with one attached hydrogen (secondary N) is 1. The molecule has 1 aliphatic rings. The summed E-state index contributed by atoms with van der Waals surface area (Å²) in [5.41, 5.74) is 0.259. The van der Waals surface area contributed by atoms with Crippen LogP contribution < -0.4 is 5.32 Å². The summed E-state index contributed by atoms with van der Waals surface area (Å²) in [6.07, 6.45) is 0.435. The summed E-state index contributed by atoms with van der Waals surface area (Å²) in [7, 11) is 0. The number of piperazine rings is 1. The Labute approximate surface area is 118 Å². The van der Waals surface area contributed by atoms with E-state index in [4.69, 9.17) is 0 Å². The van der Waals surface area contributed by atoms with Gasteiger partial charge in [0.05, 0.1) is 0 Å². The van der Waals surface area contributed by atoms with Gasteiger partial charge in [0.1, 0.15) is 0 Å². The van der Waals surface area contributed by atoms with Gasteiger partial charge in [0, 0.05) is 31.6 Å². The summed E-state index contributed by atoms with van der Waals surface area (Å²) in [4.78, 5) is 14.0. The molecule has 1 N–H and O–H groups in total. The zero-order valence-electron chi connectivity index (χ0n) is 11.8. The van der Waals surface area contributed by atoms with Crippen molar-refractivity contribution in [3.8, 4) is 0 Å². The third-order valence-electron chi connectivity index (χ3n) is 3.99. The molecular weight excluding hydrogens is 262 g/mol. The van der Waals surface area contributed by atoms with Gasteiger partial charge in [-0.25, -0.2) is 8.78 Å². The topological polar surface area (TPSA) is 32.3 Å². The molecule has 20 heavy (non-hydrogen) atoms. The lowest BCUT2D eigenvalue weighted by molar-refractivity contribution is -0.134. The molecule has 110 valence electrons. The minimum absolute atomic E-state index is 0.00508. The van der Waals surface area contributed by atoms with Gasteiger partial charge >= 0.3 is 0 Å². The first kappa shape index (κ1) is 14.9. The fourth-order valence-electron chi connectivity index (χ4n) is 2.54. The van der Waals surface area contributed by atoms with Crippen molar-refractivity contribution < 1.29 is 13.6 Å². The third kappa shape index (κ3) is 3.15. The zero-order chi connectivity index (χ0) is 14.7. The van der Waals surface area contributed by atoms with E-state index < -0.39 is 11.6 Å². The van der Waals surface area contributed by atoms with Crippen molar-refractivity contribution in [1.29, 1.82) is 0 Å². The Balaban J connectivity index is 1.96. The molecule has 2 atom stereocenters. The standard InChI is InChI=1S/C15H20F2N2O/c1-10-11(2)19(9-8-18-10)14(20)7-6-12-4-3-5-13(16)15(12)17/h3-5,10-11,18H,6-9H2,1-2H3. The summed E-state index contributed by atoms with van der Waals surface area (Å²) >= 11 is 0. The van der Waals surface area contributed by atoms with Crippen molar-refractivity contribution in [2.45, 2.75) is 38.8 Å². The highest BCUT2D eigenvalue weighted by Crippen LogP contribution is 2.16. The van der Waals surface area contributed by atoms with Crippen LogP contribution in [0, 0.1) is 11.6 Å². The molecule has 0 saturated carbocycles. The molecule has 0 aliphatic carbocycles. The Morgan fingerprint density at radius 1 is 1.40 bits per heavy atom. The van der Waals surface area contributed by atoms with Crippen molar-refractivity contribution in [3.63, 3.8) is 0 Å². The van der Waals surface area contributed by atoms with E-state index in [0.717, 1.165) is 12.6 Å². The number of hydrogen-bond donors (Lipinski definition) is 1. The number of nitrogens with zero attached hydrogens (tertiary/aromatic N) is 1. The van der Waals surface area contributed by atoms with Gasteiger partial charge in [-0.15, -0.1) is 0 Å². The average Bonchev–Trinajstić information content (AvgIpc) is 2.43. The fraction of sp³-hybridized carbons (Fsp3) is 0.533. The predicted octanol–water partition coefficient (Wildman–Crippen LogP) is 2.11. The molecule has 1 aromatic carbocycles. The first-order valence-corrected chi connectivity index (χ1v) is 6.96. The summed E-state index contributed by atoms with van der Waals surface area (Å²) in [5, 5.41) is 3.30. The van der Waals surface area contributed by atoms with Crippen LogP contribution in [0.15, 0.2) is 18.2 Å². The molecule has 1 fully saturated rings. The van der Waals surface area contributed by atoms with Crippen LogP contribution in [-0.4, -0.2) is 36.0 Å². The molecule has 5 heteroatoms. The van der Waals surface area contributed by atoms with Gasteiger partial charge in [0.25, 0.3) is 0 Å². The van der Waals surface area contributed by atoms with Crippen molar-refractivity contribution in [2.75, 3.05) is 13.1 Å². The highest BCUT2D eigenvalue weighted by molar-refractivity contribution is 5.77. The van der Waals surface area contributed by atoms with Gasteiger partial charge < -0.3 is 10.2 Å². The van der Waals surface area contributed by atoms with Crippen LogP contribution in [0.3, 0.4) is 0 Å². The maximum Gasteiger partial charge on any atom is 0.223 e. The van der Waals surface area contributed by atoms with E-state index in [1.165, 1.54) is 12.1 Å². The first-order valence-electron chi connectivity index (χ1n) is 6.96.